The third-order valence-corrected chi connectivity index (χ3v) is 6.65. The fourth-order valence-corrected chi connectivity index (χ4v) is 4.88. The van der Waals surface area contributed by atoms with E-state index in [9.17, 15) is 14.0 Å². The maximum atomic E-state index is 14.5. The zero-order valence-corrected chi connectivity index (χ0v) is 18.6. The van der Waals surface area contributed by atoms with Crippen LogP contribution in [0, 0.1) is 18.7 Å². The molecule has 1 N–H and O–H groups in total. The molecule has 0 unspecified atom stereocenters. The second kappa shape index (κ2) is 10.1. The van der Waals surface area contributed by atoms with E-state index in [1.807, 2.05) is 38.1 Å². The molecule has 2 aromatic carbocycles. The smallest absolute Gasteiger partial charge is 0.238 e. The monoisotopic (exact) mass is 428 g/mol. The normalized spacial score (nSPS) is 17.3. The summed E-state index contributed by atoms with van der Waals surface area (Å²) in [6.07, 6.45) is 3.78. The summed E-state index contributed by atoms with van der Waals surface area (Å²) in [5.74, 6) is -0.209. The third kappa shape index (κ3) is 5.04. The van der Waals surface area contributed by atoms with E-state index in [-0.39, 0.29) is 23.1 Å². The van der Waals surface area contributed by atoms with E-state index in [4.69, 9.17) is 0 Å². The summed E-state index contributed by atoms with van der Waals surface area (Å²) in [6, 6.07) is 12.3. The van der Waals surface area contributed by atoms with Gasteiger partial charge in [0.15, 0.2) is 0 Å². The van der Waals surface area contributed by atoms with Crippen molar-refractivity contribution in [1.82, 2.24) is 0 Å². The Morgan fingerprint density at radius 3 is 2.80 bits per heavy atom. The van der Waals surface area contributed by atoms with Crippen LogP contribution in [-0.4, -0.2) is 17.6 Å². The van der Waals surface area contributed by atoms with E-state index in [0.29, 0.717) is 17.1 Å². The summed E-state index contributed by atoms with van der Waals surface area (Å²) < 4.78 is 14.5. The molecule has 6 heteroatoms. The standard InChI is InChI=1S/C24H29FN2O2S/c1-4-6-8-17(5-2)23(29)26-19-10-7-9-18(14-19)24-27(22(28)15-30-24)21-13-16(3)11-12-20(21)25/h7,9-14,17,24H,4-6,8,15H2,1-3H3,(H,26,29)/t17-,24+/m1/s1. The molecule has 1 aliphatic heterocycles. The minimum Gasteiger partial charge on any atom is -0.326 e. The van der Waals surface area contributed by atoms with E-state index in [0.717, 1.165) is 36.8 Å². The fraction of sp³-hybridized carbons (Fsp3) is 0.417. The zero-order valence-electron chi connectivity index (χ0n) is 17.8. The number of thioether (sulfide) groups is 1. The number of carbonyl (C=O) groups is 2. The van der Waals surface area contributed by atoms with Crippen LogP contribution in [0.4, 0.5) is 15.8 Å². The molecule has 0 spiro atoms. The highest BCUT2D eigenvalue weighted by atomic mass is 32.2. The lowest BCUT2D eigenvalue weighted by molar-refractivity contribution is -0.120. The van der Waals surface area contributed by atoms with Gasteiger partial charge in [-0.15, -0.1) is 11.8 Å². The molecule has 160 valence electrons. The number of rotatable bonds is 8. The maximum Gasteiger partial charge on any atom is 0.238 e. The number of unbranched alkanes of at least 4 members (excludes halogenated alkanes) is 1. The van der Waals surface area contributed by atoms with Crippen LogP contribution < -0.4 is 10.2 Å². The number of hydrogen-bond donors (Lipinski definition) is 1. The summed E-state index contributed by atoms with van der Waals surface area (Å²) in [5, 5.41) is 2.70. The summed E-state index contributed by atoms with van der Waals surface area (Å²) in [4.78, 5) is 26.8. The number of amides is 2. The van der Waals surface area contributed by atoms with E-state index < -0.39 is 5.82 Å². The quantitative estimate of drug-likeness (QED) is 0.555. The molecule has 1 saturated heterocycles. The van der Waals surface area contributed by atoms with Crippen molar-refractivity contribution >= 4 is 35.0 Å². The molecule has 0 aliphatic carbocycles. The van der Waals surface area contributed by atoms with Crippen molar-refractivity contribution in [1.29, 1.82) is 0 Å². The van der Waals surface area contributed by atoms with Crippen molar-refractivity contribution in [3.63, 3.8) is 0 Å². The fourth-order valence-electron chi connectivity index (χ4n) is 3.72. The number of aryl methyl sites for hydroxylation is 1. The Hall–Kier alpha value is -2.34. The largest absolute Gasteiger partial charge is 0.326 e. The summed E-state index contributed by atoms with van der Waals surface area (Å²) in [7, 11) is 0. The maximum absolute atomic E-state index is 14.5. The van der Waals surface area contributed by atoms with Crippen LogP contribution in [0.25, 0.3) is 0 Å². The molecule has 0 aromatic heterocycles. The van der Waals surface area contributed by atoms with Crippen LogP contribution in [0.15, 0.2) is 42.5 Å². The number of nitrogens with zero attached hydrogens (tertiary/aromatic N) is 1. The summed E-state index contributed by atoms with van der Waals surface area (Å²) >= 11 is 1.47. The van der Waals surface area contributed by atoms with Gasteiger partial charge in [-0.25, -0.2) is 4.39 Å². The van der Waals surface area contributed by atoms with Gasteiger partial charge in [0.25, 0.3) is 0 Å². The molecule has 4 nitrogen and oxygen atoms in total. The van der Waals surface area contributed by atoms with Crippen molar-refractivity contribution in [2.45, 2.75) is 51.8 Å². The van der Waals surface area contributed by atoms with Gasteiger partial charge >= 0.3 is 0 Å². The first kappa shape index (κ1) is 22.3. The average Bonchev–Trinajstić information content (AvgIpc) is 3.12. The van der Waals surface area contributed by atoms with Gasteiger partial charge in [0.1, 0.15) is 11.2 Å². The Morgan fingerprint density at radius 1 is 1.27 bits per heavy atom. The van der Waals surface area contributed by atoms with Crippen LogP contribution in [0.5, 0.6) is 0 Å². The first-order valence-electron chi connectivity index (χ1n) is 10.5. The Labute approximate surface area is 182 Å². The Balaban J connectivity index is 1.83. The zero-order chi connectivity index (χ0) is 21.7. The van der Waals surface area contributed by atoms with E-state index in [2.05, 4.69) is 12.2 Å². The van der Waals surface area contributed by atoms with Gasteiger partial charge in [0.05, 0.1) is 11.4 Å². The van der Waals surface area contributed by atoms with Gasteiger partial charge in [-0.1, -0.05) is 44.9 Å². The minimum atomic E-state index is -0.410. The number of halogens is 1. The lowest BCUT2D eigenvalue weighted by Gasteiger charge is -2.25. The molecular weight excluding hydrogens is 399 g/mol. The molecule has 2 atom stereocenters. The third-order valence-electron chi connectivity index (χ3n) is 5.44. The lowest BCUT2D eigenvalue weighted by atomic mass is 9.98. The van der Waals surface area contributed by atoms with Gasteiger partial charge in [0, 0.05) is 11.6 Å². The molecule has 2 aromatic rings. The van der Waals surface area contributed by atoms with Gasteiger partial charge in [-0.05, 0) is 55.2 Å². The highest BCUT2D eigenvalue weighted by Gasteiger charge is 2.35. The molecule has 1 aliphatic rings. The lowest BCUT2D eigenvalue weighted by Crippen LogP contribution is -2.29. The molecule has 3 rings (SSSR count). The van der Waals surface area contributed by atoms with Crippen LogP contribution in [0.1, 0.15) is 56.0 Å². The first-order chi connectivity index (χ1) is 14.4. The molecule has 30 heavy (non-hydrogen) atoms. The highest BCUT2D eigenvalue weighted by Crippen LogP contribution is 2.43. The molecule has 0 bridgehead atoms. The van der Waals surface area contributed by atoms with Crippen molar-refractivity contribution in [3.8, 4) is 0 Å². The number of benzene rings is 2. The first-order valence-corrected chi connectivity index (χ1v) is 11.6. The SMILES string of the molecule is CCCC[C@@H](CC)C(=O)Nc1cccc([C@@H]2SCC(=O)N2c2cc(C)ccc2F)c1. The van der Waals surface area contributed by atoms with Crippen LogP contribution in [-0.2, 0) is 9.59 Å². The highest BCUT2D eigenvalue weighted by molar-refractivity contribution is 8.00. The summed E-state index contributed by atoms with van der Waals surface area (Å²) in [6.45, 7) is 6.04. The number of anilines is 2. The minimum absolute atomic E-state index is 0.00562. The van der Waals surface area contributed by atoms with Crippen LogP contribution >= 0.6 is 11.8 Å². The van der Waals surface area contributed by atoms with Crippen LogP contribution in [0.2, 0.25) is 0 Å². The van der Waals surface area contributed by atoms with Gasteiger partial charge in [0.2, 0.25) is 11.8 Å². The molecule has 1 fully saturated rings. The van der Waals surface area contributed by atoms with Crippen molar-refractivity contribution in [2.75, 3.05) is 16.0 Å². The molecule has 1 heterocycles. The number of carbonyl (C=O) groups excluding carboxylic acids is 2. The molecule has 0 radical (unpaired) electrons. The molecule has 2 amide bonds. The van der Waals surface area contributed by atoms with Crippen molar-refractivity contribution < 1.29 is 14.0 Å². The van der Waals surface area contributed by atoms with Gasteiger partial charge in [-0.3, -0.25) is 14.5 Å². The van der Waals surface area contributed by atoms with E-state index in [1.165, 1.54) is 22.7 Å². The molecular formula is C24H29FN2O2S. The predicted molar refractivity (Wildman–Crippen MR) is 122 cm³/mol. The van der Waals surface area contributed by atoms with Crippen molar-refractivity contribution in [3.05, 3.63) is 59.4 Å². The number of hydrogen-bond acceptors (Lipinski definition) is 3. The van der Waals surface area contributed by atoms with E-state index in [1.54, 1.807) is 12.1 Å². The predicted octanol–water partition coefficient (Wildman–Crippen LogP) is 6.07. The van der Waals surface area contributed by atoms with Gasteiger partial charge < -0.3 is 5.32 Å². The Kier molecular flexibility index (Phi) is 7.53. The van der Waals surface area contributed by atoms with Crippen molar-refractivity contribution in [2.24, 2.45) is 5.92 Å². The second-order valence-corrected chi connectivity index (χ2v) is 8.81. The topological polar surface area (TPSA) is 49.4 Å². The Bertz CT molecular complexity index is 918. The summed E-state index contributed by atoms with van der Waals surface area (Å²) in [5.41, 5.74) is 2.77. The Morgan fingerprint density at radius 2 is 2.07 bits per heavy atom. The number of nitrogens with one attached hydrogen (secondary N) is 1. The van der Waals surface area contributed by atoms with E-state index >= 15 is 0 Å². The molecule has 0 saturated carbocycles. The second-order valence-electron chi connectivity index (χ2n) is 7.74. The average molecular weight is 429 g/mol. The van der Waals surface area contributed by atoms with Crippen LogP contribution in [0.3, 0.4) is 0 Å². The van der Waals surface area contributed by atoms with Gasteiger partial charge in [-0.2, -0.15) is 0 Å².